The molecular formula is C67H129ClF3N8O27+. The van der Waals surface area contributed by atoms with E-state index in [-0.39, 0.29) is 48.7 Å². The molecule has 0 aromatic heterocycles. The third kappa shape index (κ3) is 41.4. The molecule has 0 saturated carbocycles. The molecule has 6 aliphatic rings. The van der Waals surface area contributed by atoms with E-state index in [9.17, 15) is 87.9 Å². The third-order valence-electron chi connectivity index (χ3n) is 19.0. The van der Waals surface area contributed by atoms with Crippen LogP contribution in [-0.2, 0) is 61.9 Å². The predicted molar refractivity (Wildman–Crippen MR) is 371 cm³/mol. The predicted octanol–water partition coefficient (Wildman–Crippen LogP) is -5.11. The first-order valence-corrected chi connectivity index (χ1v) is 36.4. The van der Waals surface area contributed by atoms with Gasteiger partial charge in [0.15, 0.2) is 6.10 Å². The van der Waals surface area contributed by atoms with Crippen LogP contribution in [0.5, 0.6) is 0 Å². The van der Waals surface area contributed by atoms with Crippen molar-refractivity contribution < 1.29 is 168 Å². The number of hydrogen-bond donors (Lipinski definition) is 18. The molecule has 0 aromatic carbocycles. The first-order valence-electron chi connectivity index (χ1n) is 36.4. The normalized spacial score (nSPS) is 27.2. The molecule has 0 aliphatic carbocycles. The number of piperazine rings is 3. The first kappa shape index (κ1) is 103. The number of aliphatic hydroxyl groups excluding tert-OH is 11. The topological polar surface area (TPSA) is 510 Å². The fourth-order valence-electron chi connectivity index (χ4n) is 11.8. The average molecular weight is 1570 g/mol. The van der Waals surface area contributed by atoms with Gasteiger partial charge in [0.2, 0.25) is 5.91 Å². The first-order chi connectivity index (χ1) is 49.7. The molecule has 626 valence electrons. The van der Waals surface area contributed by atoms with Crippen molar-refractivity contribution in [2.75, 3.05) is 147 Å². The van der Waals surface area contributed by atoms with Crippen LogP contribution >= 0.6 is 0 Å². The second-order valence-electron chi connectivity index (χ2n) is 26.1. The van der Waals surface area contributed by atoms with E-state index in [4.69, 9.17) is 44.2 Å². The summed E-state index contributed by atoms with van der Waals surface area (Å²) in [5.74, 6) is -4.76. The highest BCUT2D eigenvalue weighted by atomic mass is 35.5. The average Bonchev–Trinajstić information content (AvgIpc) is 0.827. The number of carboxylic acid groups (broad SMARTS) is 2. The molecular weight excluding hydrogens is 1440 g/mol. The number of aliphatic hydroxyl groups is 11. The van der Waals surface area contributed by atoms with E-state index in [1.165, 1.54) is 95.7 Å². The molecule has 15 unspecified atom stereocenters. The van der Waals surface area contributed by atoms with Gasteiger partial charge in [-0.3, -0.25) is 40.0 Å². The molecule has 35 nitrogen and oxygen atoms in total. The molecule has 2 amide bonds. The summed E-state index contributed by atoms with van der Waals surface area (Å²) >= 11 is 0. The number of alkyl carbamates (subject to hydrolysis) is 1. The van der Waals surface area contributed by atoms with Crippen molar-refractivity contribution >= 4 is 41.8 Å². The number of carbonyl (C=O) groups excluding carboxylic acids is 5. The maximum Gasteiger partial charge on any atom is 0.490 e. The number of esters is 3. The Kier molecular flexibility index (Phi) is 56.9. The van der Waals surface area contributed by atoms with Gasteiger partial charge in [-0.05, 0) is 91.8 Å². The number of amides is 2. The van der Waals surface area contributed by atoms with Crippen molar-refractivity contribution in [3.8, 4) is 0 Å². The van der Waals surface area contributed by atoms with Crippen molar-refractivity contribution in [2.45, 2.75) is 241 Å². The number of ether oxygens (including phenoxy) is 7. The number of quaternary nitrogens is 2. The lowest BCUT2D eigenvalue weighted by Crippen LogP contribution is -3.00. The maximum atomic E-state index is 11.0. The minimum atomic E-state index is -5.08. The Hall–Kier alpha value is -4.63. The number of rotatable bonds is 39. The largest absolute Gasteiger partial charge is 1.00 e. The van der Waals surface area contributed by atoms with Crippen molar-refractivity contribution in [3.05, 3.63) is 0 Å². The summed E-state index contributed by atoms with van der Waals surface area (Å²) in [7, 11) is 7.33. The molecule has 6 saturated heterocycles. The van der Waals surface area contributed by atoms with Crippen LogP contribution < -0.4 is 39.0 Å². The fraction of sp³-hybridized carbons (Fsp3) is 0.896. The van der Waals surface area contributed by atoms with E-state index >= 15 is 0 Å². The molecule has 15 atom stereocenters. The minimum Gasteiger partial charge on any atom is -1.00 e. The standard InChI is InChI=1S/C18H35NO7.C12H26N2O.C12H21NO8.C12H23NO7.C11H21N3O2.C2HF3O2.ClH/c1-25-14(21)10-8-6-4-2-3-5-7-9-11-19-18-17(24)16(23)15(22)13(12-20)26-18;1-5-14(6-2,7-3)11-9-8-10-12(15)13-4;1-20-6(14)4-2-3-5-13-11-9(17)7(15)8(16)10(21-11)12(18)19;1-19-8(15)4-2-3-5-13-12-11(18)10(17)9(16)7(6-14)20-12;1-12-11(15)16-10-2-6-14-7-3-13(4-8-14)5-9-14;3-2(4,5)1(6)7;/h13,15-20,22-24H,2-12H2,1H3;5-11H2,1-4H3;7-11,13,15-17H,2-5H2,1H3,(H,18,19);7,9-14,16-18H,2-6H2,1H3;2-10H2,1H3;(H,6,7);1H/p+1. The van der Waals surface area contributed by atoms with E-state index in [0.29, 0.717) is 71.2 Å². The van der Waals surface area contributed by atoms with Crippen LogP contribution in [0.3, 0.4) is 0 Å². The van der Waals surface area contributed by atoms with Gasteiger partial charge in [-0.2, -0.15) is 13.2 Å². The molecule has 6 heterocycles. The molecule has 106 heavy (non-hydrogen) atoms. The lowest BCUT2D eigenvalue weighted by molar-refractivity contribution is -0.941. The summed E-state index contributed by atoms with van der Waals surface area (Å²) in [6.45, 7) is 21.4. The number of unbranched alkanes of at least 4 members (excludes halogenated alkanes) is 10. The van der Waals surface area contributed by atoms with Gasteiger partial charge < -0.3 is 132 Å². The zero-order valence-electron chi connectivity index (χ0n) is 63.0. The number of halogens is 4. The minimum absolute atomic E-state index is 0. The van der Waals surface area contributed by atoms with Crippen LogP contribution in [-0.4, -0.2) is 367 Å². The van der Waals surface area contributed by atoms with E-state index < -0.39 is 123 Å². The molecule has 0 radical (unpaired) electrons. The van der Waals surface area contributed by atoms with Crippen LogP contribution in [0.25, 0.3) is 0 Å². The second-order valence-corrected chi connectivity index (χ2v) is 26.1. The number of nitrogens with one attached hydrogen (secondary N) is 5. The van der Waals surface area contributed by atoms with E-state index in [0.717, 1.165) is 77.2 Å². The molecule has 39 heteroatoms. The summed E-state index contributed by atoms with van der Waals surface area (Å²) in [6.07, 6.45) is -8.50. The van der Waals surface area contributed by atoms with Gasteiger partial charge in [0, 0.05) is 65.8 Å². The van der Waals surface area contributed by atoms with Gasteiger partial charge in [-0.15, -0.1) is 0 Å². The number of hydrogen-bond acceptors (Lipinski definition) is 29. The number of methoxy groups -OCH3 is 3. The Bertz CT molecular complexity index is 2340. The monoisotopic (exact) mass is 1570 g/mol. The maximum absolute atomic E-state index is 11.0. The quantitative estimate of drug-likeness (QED) is 0.0118. The molecule has 6 fully saturated rings. The van der Waals surface area contributed by atoms with E-state index in [1.54, 1.807) is 14.1 Å². The molecule has 2 bridgehead atoms. The summed E-state index contributed by atoms with van der Waals surface area (Å²) < 4.78 is 68.4. The third-order valence-corrected chi connectivity index (χ3v) is 19.0. The highest BCUT2D eigenvalue weighted by Crippen LogP contribution is 2.24. The SMILES string of the molecule is CC[N+](CC)(CC)CCCCC(=O)NC.CNC(=O)OCCC[N+]12CCN(CC1)CC2.COC(=O)CCCCCCCCCCNC1OC(CO)C(O)C(O)C1O.COC(=O)CCCCNC1OC(C(=O)O)C(O)C(O)C1O.COC(=O)CCCCNC1OC(CO)C(O)C(O)C1O.O=C(O)C(F)(F)F.[Cl-]. The highest BCUT2D eigenvalue weighted by molar-refractivity contribution is 5.75. The Morgan fingerprint density at radius 3 is 1.19 bits per heavy atom. The zero-order valence-corrected chi connectivity index (χ0v) is 63.8. The van der Waals surface area contributed by atoms with Gasteiger partial charge >= 0.3 is 42.1 Å². The van der Waals surface area contributed by atoms with Crippen molar-refractivity contribution in [1.82, 2.24) is 31.5 Å². The smallest absolute Gasteiger partial charge is 0.490 e. The number of carboxylic acids is 2. The van der Waals surface area contributed by atoms with E-state index in [1.807, 2.05) is 0 Å². The summed E-state index contributed by atoms with van der Waals surface area (Å²) in [5, 5.41) is 135. The van der Waals surface area contributed by atoms with Gasteiger partial charge in [0.25, 0.3) is 0 Å². The molecule has 6 aliphatic heterocycles. The number of alkyl halides is 3. The Balaban J connectivity index is 0. The Morgan fingerprint density at radius 2 is 0.840 bits per heavy atom. The summed E-state index contributed by atoms with van der Waals surface area (Å²) in [4.78, 5) is 77.0. The summed E-state index contributed by atoms with van der Waals surface area (Å²) in [6, 6.07) is 0. The Labute approximate surface area is 626 Å². The van der Waals surface area contributed by atoms with Gasteiger partial charge in [0.1, 0.15) is 85.8 Å². The number of nitrogens with zero attached hydrogens (tertiary/aromatic N) is 3. The summed E-state index contributed by atoms with van der Waals surface area (Å²) in [5.41, 5.74) is 0. The lowest BCUT2D eigenvalue weighted by Gasteiger charge is -2.50. The van der Waals surface area contributed by atoms with Gasteiger partial charge in [-0.1, -0.05) is 38.5 Å². The molecule has 6 rings (SSSR count). The van der Waals surface area contributed by atoms with Crippen LogP contribution in [0.2, 0.25) is 0 Å². The Morgan fingerprint density at radius 1 is 0.491 bits per heavy atom. The molecule has 0 aromatic rings. The molecule has 18 N–H and O–H groups in total. The highest BCUT2D eigenvalue weighted by Gasteiger charge is 2.48. The van der Waals surface area contributed by atoms with Crippen LogP contribution in [0, 0.1) is 0 Å². The van der Waals surface area contributed by atoms with Crippen LogP contribution in [0.1, 0.15) is 143 Å². The lowest BCUT2D eigenvalue weighted by atomic mass is 9.98. The number of aliphatic carboxylic acids is 2. The van der Waals surface area contributed by atoms with Crippen LogP contribution in [0.4, 0.5) is 18.0 Å². The van der Waals surface area contributed by atoms with Crippen molar-refractivity contribution in [2.24, 2.45) is 0 Å². The van der Waals surface area contributed by atoms with Gasteiger partial charge in [0.05, 0.1) is 93.5 Å². The van der Waals surface area contributed by atoms with E-state index in [2.05, 4.69) is 66.5 Å². The van der Waals surface area contributed by atoms with Gasteiger partial charge in [-0.25, -0.2) is 14.4 Å². The fourth-order valence-corrected chi connectivity index (χ4v) is 11.8. The zero-order chi connectivity index (χ0) is 79.7. The van der Waals surface area contributed by atoms with Crippen LogP contribution in [0.15, 0.2) is 0 Å². The van der Waals surface area contributed by atoms with Crippen molar-refractivity contribution in [3.63, 3.8) is 0 Å². The number of fused-ring (bicyclic) bond motifs is 3. The molecule has 0 spiro atoms. The second kappa shape index (κ2) is 58.3. The van der Waals surface area contributed by atoms with Crippen molar-refractivity contribution in [1.29, 1.82) is 0 Å². The number of carbonyl (C=O) groups is 7.